The lowest BCUT2D eigenvalue weighted by Gasteiger charge is -2.24. The van der Waals surface area contributed by atoms with Crippen LogP contribution in [0.3, 0.4) is 0 Å². The van der Waals surface area contributed by atoms with Gasteiger partial charge in [-0.25, -0.2) is 0 Å². The summed E-state index contributed by atoms with van der Waals surface area (Å²) in [5.74, 6) is 0.973. The number of hydrogen-bond acceptors (Lipinski definition) is 4. The molecule has 0 amide bonds. The van der Waals surface area contributed by atoms with Crippen molar-refractivity contribution < 1.29 is 4.74 Å². The molecular formula is C22H31N3O. The van der Waals surface area contributed by atoms with E-state index in [4.69, 9.17) is 4.74 Å². The number of pyridine rings is 1. The van der Waals surface area contributed by atoms with Crippen molar-refractivity contribution in [2.24, 2.45) is 0 Å². The van der Waals surface area contributed by atoms with E-state index in [0.29, 0.717) is 12.6 Å². The van der Waals surface area contributed by atoms with E-state index in [-0.39, 0.29) is 0 Å². The molecule has 4 nitrogen and oxygen atoms in total. The van der Waals surface area contributed by atoms with Crippen molar-refractivity contribution in [1.82, 2.24) is 15.2 Å². The molecule has 4 heteroatoms. The number of benzene rings is 1. The summed E-state index contributed by atoms with van der Waals surface area (Å²) in [5.41, 5.74) is 4.62. The van der Waals surface area contributed by atoms with E-state index in [1.807, 2.05) is 18.2 Å². The Hall–Kier alpha value is -1.91. The molecule has 0 radical (unpaired) electrons. The molecule has 3 rings (SSSR count). The zero-order valence-corrected chi connectivity index (χ0v) is 16.5. The standard InChI is InChI=1S/C22H31N3O/c1-16-11-19(14-23-13-18(3)25(4)21-8-9-21)12-17(2)22(16)26-15-20-7-5-6-10-24-20/h5-7,10-12,18,21,23H,8-9,13-15H2,1-4H3. The van der Waals surface area contributed by atoms with Crippen LogP contribution in [0.4, 0.5) is 0 Å². The second-order valence-electron chi connectivity index (χ2n) is 7.55. The van der Waals surface area contributed by atoms with Gasteiger partial charge in [0.15, 0.2) is 0 Å². The fourth-order valence-corrected chi connectivity index (χ4v) is 3.41. The Morgan fingerprint density at radius 2 is 1.96 bits per heavy atom. The lowest BCUT2D eigenvalue weighted by atomic mass is 10.1. The van der Waals surface area contributed by atoms with Crippen molar-refractivity contribution in [1.29, 1.82) is 0 Å². The third kappa shape index (κ3) is 5.05. The van der Waals surface area contributed by atoms with Crippen molar-refractivity contribution in [2.75, 3.05) is 13.6 Å². The van der Waals surface area contributed by atoms with Crippen LogP contribution in [0.2, 0.25) is 0 Å². The van der Waals surface area contributed by atoms with Gasteiger partial charge >= 0.3 is 0 Å². The maximum Gasteiger partial charge on any atom is 0.130 e. The second kappa shape index (κ2) is 8.65. The highest BCUT2D eigenvalue weighted by atomic mass is 16.5. The van der Waals surface area contributed by atoms with Crippen LogP contribution in [0.1, 0.15) is 42.1 Å². The zero-order chi connectivity index (χ0) is 18.5. The van der Waals surface area contributed by atoms with Gasteiger partial charge in [-0.3, -0.25) is 9.88 Å². The molecular weight excluding hydrogens is 322 g/mol. The molecule has 1 atom stereocenters. The normalized spacial score (nSPS) is 15.3. The van der Waals surface area contributed by atoms with Crippen LogP contribution in [-0.2, 0) is 13.2 Å². The van der Waals surface area contributed by atoms with Gasteiger partial charge in [0.2, 0.25) is 0 Å². The van der Waals surface area contributed by atoms with Crippen molar-refractivity contribution in [3.8, 4) is 5.75 Å². The van der Waals surface area contributed by atoms with E-state index in [1.54, 1.807) is 6.20 Å². The van der Waals surface area contributed by atoms with E-state index >= 15 is 0 Å². The van der Waals surface area contributed by atoms with E-state index in [1.165, 1.54) is 29.5 Å². The monoisotopic (exact) mass is 353 g/mol. The van der Waals surface area contributed by atoms with Crippen LogP contribution in [0, 0.1) is 13.8 Å². The molecule has 26 heavy (non-hydrogen) atoms. The van der Waals surface area contributed by atoms with Gasteiger partial charge in [-0.05, 0) is 69.5 Å². The first-order valence-electron chi connectivity index (χ1n) is 9.60. The van der Waals surface area contributed by atoms with Gasteiger partial charge in [0.1, 0.15) is 12.4 Å². The SMILES string of the molecule is Cc1cc(CNCC(C)N(C)C2CC2)cc(C)c1OCc1ccccn1. The molecule has 1 aromatic heterocycles. The number of aromatic nitrogens is 1. The predicted octanol–water partition coefficient (Wildman–Crippen LogP) is 3.85. The smallest absolute Gasteiger partial charge is 0.130 e. The third-order valence-corrected chi connectivity index (χ3v) is 5.20. The number of nitrogens with zero attached hydrogens (tertiary/aromatic N) is 2. The first kappa shape index (κ1) is 18.9. The number of rotatable bonds is 9. The Balaban J connectivity index is 1.53. The minimum absolute atomic E-state index is 0.505. The van der Waals surface area contributed by atoms with Crippen molar-refractivity contribution in [3.05, 3.63) is 58.9 Å². The maximum absolute atomic E-state index is 6.03. The van der Waals surface area contributed by atoms with Gasteiger partial charge in [0.25, 0.3) is 0 Å². The first-order valence-corrected chi connectivity index (χ1v) is 9.60. The lowest BCUT2D eigenvalue weighted by Crippen LogP contribution is -2.38. The molecule has 1 saturated carbocycles. The number of aryl methyl sites for hydroxylation is 2. The largest absolute Gasteiger partial charge is 0.487 e. The van der Waals surface area contributed by atoms with E-state index in [0.717, 1.165) is 30.6 Å². The van der Waals surface area contributed by atoms with Gasteiger partial charge in [-0.15, -0.1) is 0 Å². The Bertz CT molecular complexity index is 690. The highest BCUT2D eigenvalue weighted by molar-refractivity contribution is 5.43. The summed E-state index contributed by atoms with van der Waals surface area (Å²) in [6, 6.07) is 11.7. The molecule has 1 heterocycles. The first-order chi connectivity index (χ1) is 12.5. The van der Waals surface area contributed by atoms with Crippen molar-refractivity contribution >= 4 is 0 Å². The Morgan fingerprint density at radius 1 is 1.23 bits per heavy atom. The fraction of sp³-hybridized carbons (Fsp3) is 0.500. The molecule has 1 N–H and O–H groups in total. The molecule has 1 aliphatic carbocycles. The molecule has 1 aliphatic rings. The maximum atomic E-state index is 6.03. The molecule has 1 aromatic carbocycles. The van der Waals surface area contributed by atoms with E-state index < -0.39 is 0 Å². The number of nitrogens with one attached hydrogen (secondary N) is 1. The minimum atomic E-state index is 0.505. The van der Waals surface area contributed by atoms with Gasteiger partial charge in [-0.1, -0.05) is 18.2 Å². The quantitative estimate of drug-likeness (QED) is 0.743. The van der Waals surface area contributed by atoms with E-state index in [2.05, 4.69) is 55.2 Å². The Labute approximate surface area is 157 Å². The molecule has 2 aromatic rings. The van der Waals surface area contributed by atoms with E-state index in [9.17, 15) is 0 Å². The molecule has 0 saturated heterocycles. The van der Waals surface area contributed by atoms with Crippen LogP contribution in [0.15, 0.2) is 36.5 Å². The highest BCUT2D eigenvalue weighted by Crippen LogP contribution is 2.27. The topological polar surface area (TPSA) is 37.4 Å². The minimum Gasteiger partial charge on any atom is -0.487 e. The number of likely N-dealkylation sites (N-methyl/N-ethyl adjacent to an activating group) is 1. The summed E-state index contributed by atoms with van der Waals surface area (Å²) < 4.78 is 6.03. The zero-order valence-electron chi connectivity index (χ0n) is 16.5. The average Bonchev–Trinajstić information content (AvgIpc) is 3.46. The molecule has 1 unspecified atom stereocenters. The predicted molar refractivity (Wildman–Crippen MR) is 106 cm³/mol. The number of ether oxygens (including phenoxy) is 1. The van der Waals surface area contributed by atoms with Gasteiger partial charge in [0, 0.05) is 31.4 Å². The van der Waals surface area contributed by atoms with Crippen LogP contribution in [-0.4, -0.2) is 35.6 Å². The summed E-state index contributed by atoms with van der Waals surface area (Å²) in [4.78, 5) is 6.82. The Morgan fingerprint density at radius 3 is 2.58 bits per heavy atom. The van der Waals surface area contributed by atoms with Gasteiger partial charge < -0.3 is 10.1 Å². The summed E-state index contributed by atoms with van der Waals surface area (Å²) in [5, 5.41) is 3.60. The molecule has 0 aliphatic heterocycles. The van der Waals surface area contributed by atoms with Crippen molar-refractivity contribution in [3.63, 3.8) is 0 Å². The fourth-order valence-electron chi connectivity index (χ4n) is 3.41. The third-order valence-electron chi connectivity index (χ3n) is 5.20. The van der Waals surface area contributed by atoms with Crippen molar-refractivity contribution in [2.45, 2.75) is 58.8 Å². The number of hydrogen-bond donors (Lipinski definition) is 1. The van der Waals surface area contributed by atoms with Gasteiger partial charge in [0.05, 0.1) is 5.69 Å². The van der Waals surface area contributed by atoms with Crippen LogP contribution in [0.5, 0.6) is 5.75 Å². The summed E-state index contributed by atoms with van der Waals surface area (Å²) in [7, 11) is 2.24. The molecule has 0 spiro atoms. The van der Waals surface area contributed by atoms with Crippen LogP contribution >= 0.6 is 0 Å². The van der Waals surface area contributed by atoms with Crippen LogP contribution in [0.25, 0.3) is 0 Å². The lowest BCUT2D eigenvalue weighted by molar-refractivity contribution is 0.241. The summed E-state index contributed by atoms with van der Waals surface area (Å²) in [6.45, 7) is 8.96. The second-order valence-corrected chi connectivity index (χ2v) is 7.55. The molecule has 1 fully saturated rings. The summed E-state index contributed by atoms with van der Waals surface area (Å²) >= 11 is 0. The molecule has 140 valence electrons. The highest BCUT2D eigenvalue weighted by Gasteiger charge is 2.28. The van der Waals surface area contributed by atoms with Crippen LogP contribution < -0.4 is 10.1 Å². The molecule has 0 bridgehead atoms. The van der Waals surface area contributed by atoms with Gasteiger partial charge in [-0.2, -0.15) is 0 Å². The Kier molecular flexibility index (Phi) is 6.28. The average molecular weight is 354 g/mol. The summed E-state index contributed by atoms with van der Waals surface area (Å²) in [6.07, 6.45) is 4.52.